The second-order valence-electron chi connectivity index (χ2n) is 7.65. The zero-order valence-electron chi connectivity index (χ0n) is 17.1. The summed E-state index contributed by atoms with van der Waals surface area (Å²) in [4.78, 5) is 20.3. The van der Waals surface area contributed by atoms with Gasteiger partial charge in [0, 0.05) is 11.3 Å². The number of benzene rings is 3. The molecular formula is C26H21FN2OS. The maximum absolute atomic E-state index is 13.8. The smallest absolute Gasteiger partial charge is 0.262 e. The molecule has 0 aliphatic heterocycles. The zero-order valence-corrected chi connectivity index (χ0v) is 18.0. The molecule has 0 N–H and O–H groups in total. The summed E-state index contributed by atoms with van der Waals surface area (Å²) < 4.78 is 15.5. The molecule has 154 valence electrons. The minimum Gasteiger partial charge on any atom is -0.291 e. The van der Waals surface area contributed by atoms with Crippen LogP contribution in [-0.4, -0.2) is 9.55 Å². The summed E-state index contributed by atoms with van der Waals surface area (Å²) in [6.07, 6.45) is 1.39. The molecule has 0 unspecified atom stereocenters. The van der Waals surface area contributed by atoms with Crippen molar-refractivity contribution in [2.24, 2.45) is 0 Å². The van der Waals surface area contributed by atoms with Crippen LogP contribution >= 0.6 is 11.3 Å². The fourth-order valence-electron chi connectivity index (χ4n) is 4.01. The monoisotopic (exact) mass is 428 g/mol. The van der Waals surface area contributed by atoms with Gasteiger partial charge in [-0.1, -0.05) is 61.5 Å². The molecular weight excluding hydrogens is 407 g/mol. The van der Waals surface area contributed by atoms with Gasteiger partial charge in [-0.05, 0) is 46.5 Å². The van der Waals surface area contributed by atoms with Gasteiger partial charge in [0.05, 0.1) is 11.9 Å². The number of hydrogen-bond donors (Lipinski definition) is 0. The van der Waals surface area contributed by atoms with Gasteiger partial charge < -0.3 is 0 Å². The molecule has 5 aromatic rings. The Balaban J connectivity index is 1.68. The van der Waals surface area contributed by atoms with Gasteiger partial charge in [0.2, 0.25) is 0 Å². The lowest BCUT2D eigenvalue weighted by atomic mass is 10.0. The standard InChI is InChI=1S/C26H21FN2OS/c1-2-21-15-23-25(31-21)28-24(14-19-10-6-9-18-8-3-4-12-22(18)19)29(26(23)30)16-17-7-5-11-20(27)13-17/h3-13,15H,2,14,16H2,1H3. The first-order valence-corrected chi connectivity index (χ1v) is 11.2. The van der Waals surface area contributed by atoms with Crippen molar-refractivity contribution in [2.75, 3.05) is 0 Å². The van der Waals surface area contributed by atoms with Crippen LogP contribution < -0.4 is 5.56 Å². The van der Waals surface area contributed by atoms with Crippen molar-refractivity contribution in [3.05, 3.63) is 111 Å². The summed E-state index contributed by atoms with van der Waals surface area (Å²) in [7, 11) is 0. The summed E-state index contributed by atoms with van der Waals surface area (Å²) >= 11 is 1.57. The van der Waals surface area contributed by atoms with E-state index in [2.05, 4.69) is 31.2 Å². The van der Waals surface area contributed by atoms with E-state index in [4.69, 9.17) is 4.98 Å². The second kappa shape index (κ2) is 8.08. The zero-order chi connectivity index (χ0) is 21.4. The SMILES string of the molecule is CCc1cc2c(=O)n(Cc3cccc(F)c3)c(Cc3cccc4ccccc34)nc2s1. The molecule has 31 heavy (non-hydrogen) atoms. The maximum atomic E-state index is 13.8. The molecule has 0 saturated carbocycles. The molecule has 3 aromatic carbocycles. The number of aryl methyl sites for hydroxylation is 1. The van der Waals surface area contributed by atoms with E-state index in [1.165, 1.54) is 12.1 Å². The van der Waals surface area contributed by atoms with Gasteiger partial charge >= 0.3 is 0 Å². The molecule has 2 aromatic heterocycles. The molecule has 0 radical (unpaired) electrons. The van der Waals surface area contributed by atoms with E-state index in [-0.39, 0.29) is 17.9 Å². The Labute approximate surface area is 183 Å². The Morgan fingerprint density at radius 3 is 2.61 bits per heavy atom. The number of hydrogen-bond acceptors (Lipinski definition) is 3. The first-order valence-electron chi connectivity index (χ1n) is 10.4. The third-order valence-electron chi connectivity index (χ3n) is 5.59. The van der Waals surface area contributed by atoms with Crippen LogP contribution in [-0.2, 0) is 19.4 Å². The quantitative estimate of drug-likeness (QED) is 0.347. The number of thiophene rings is 1. The van der Waals surface area contributed by atoms with Crippen molar-refractivity contribution in [2.45, 2.75) is 26.3 Å². The lowest BCUT2D eigenvalue weighted by Gasteiger charge is -2.14. The van der Waals surface area contributed by atoms with E-state index in [0.717, 1.165) is 38.0 Å². The summed E-state index contributed by atoms with van der Waals surface area (Å²) in [5.41, 5.74) is 1.79. The molecule has 0 atom stereocenters. The largest absolute Gasteiger partial charge is 0.291 e. The van der Waals surface area contributed by atoms with Crippen LogP contribution in [0, 0.1) is 5.82 Å². The normalized spacial score (nSPS) is 11.4. The molecule has 0 bridgehead atoms. The van der Waals surface area contributed by atoms with E-state index >= 15 is 0 Å². The van der Waals surface area contributed by atoms with Crippen LogP contribution in [0.3, 0.4) is 0 Å². The van der Waals surface area contributed by atoms with Gasteiger partial charge in [-0.25, -0.2) is 9.37 Å². The Morgan fingerprint density at radius 1 is 0.968 bits per heavy atom. The van der Waals surface area contributed by atoms with Gasteiger partial charge in [-0.3, -0.25) is 9.36 Å². The number of fused-ring (bicyclic) bond motifs is 2. The molecule has 2 heterocycles. The third-order valence-corrected chi connectivity index (χ3v) is 6.76. The van der Waals surface area contributed by atoms with Crippen molar-refractivity contribution >= 4 is 32.3 Å². The van der Waals surface area contributed by atoms with Crippen molar-refractivity contribution in [1.82, 2.24) is 9.55 Å². The summed E-state index contributed by atoms with van der Waals surface area (Å²) in [6, 6.07) is 22.8. The number of halogens is 1. The Hall–Kier alpha value is -3.31. The average Bonchev–Trinajstić information content (AvgIpc) is 3.20. The fraction of sp³-hybridized carbons (Fsp3) is 0.154. The first kappa shape index (κ1) is 19.6. The van der Waals surface area contributed by atoms with Crippen LogP contribution in [0.1, 0.15) is 28.8 Å². The second-order valence-corrected chi connectivity index (χ2v) is 8.76. The van der Waals surface area contributed by atoms with E-state index in [1.54, 1.807) is 22.0 Å². The first-order chi connectivity index (χ1) is 15.1. The van der Waals surface area contributed by atoms with Gasteiger partial charge in [0.25, 0.3) is 5.56 Å². The fourth-order valence-corrected chi connectivity index (χ4v) is 4.99. The van der Waals surface area contributed by atoms with E-state index in [1.807, 2.05) is 30.3 Å². The number of nitrogens with zero attached hydrogens (tertiary/aromatic N) is 2. The highest BCUT2D eigenvalue weighted by Gasteiger charge is 2.16. The van der Waals surface area contributed by atoms with Crippen LogP contribution in [0.25, 0.3) is 21.0 Å². The molecule has 0 aliphatic rings. The van der Waals surface area contributed by atoms with E-state index in [0.29, 0.717) is 17.6 Å². The Kier molecular flexibility index (Phi) is 5.12. The molecule has 5 rings (SSSR count). The van der Waals surface area contributed by atoms with E-state index in [9.17, 15) is 9.18 Å². The lowest BCUT2D eigenvalue weighted by molar-refractivity contribution is 0.620. The van der Waals surface area contributed by atoms with Gasteiger partial charge in [-0.2, -0.15) is 0 Å². The molecule has 0 fully saturated rings. The highest BCUT2D eigenvalue weighted by atomic mass is 32.1. The lowest BCUT2D eigenvalue weighted by Crippen LogP contribution is -2.25. The molecule has 0 saturated heterocycles. The predicted molar refractivity (Wildman–Crippen MR) is 126 cm³/mol. The summed E-state index contributed by atoms with van der Waals surface area (Å²) in [5.74, 6) is 0.390. The van der Waals surface area contributed by atoms with Crippen molar-refractivity contribution in [3.63, 3.8) is 0 Å². The highest BCUT2D eigenvalue weighted by molar-refractivity contribution is 7.18. The molecule has 0 spiro atoms. The van der Waals surface area contributed by atoms with Gasteiger partial charge in [0.1, 0.15) is 16.5 Å². The summed E-state index contributed by atoms with van der Waals surface area (Å²) in [6.45, 7) is 2.37. The molecule has 0 aliphatic carbocycles. The highest BCUT2D eigenvalue weighted by Crippen LogP contribution is 2.25. The van der Waals surface area contributed by atoms with Crippen molar-refractivity contribution < 1.29 is 4.39 Å². The topological polar surface area (TPSA) is 34.9 Å². The molecule has 0 amide bonds. The van der Waals surface area contributed by atoms with Crippen molar-refractivity contribution in [1.29, 1.82) is 0 Å². The average molecular weight is 429 g/mol. The number of rotatable bonds is 5. The van der Waals surface area contributed by atoms with E-state index < -0.39 is 0 Å². The third kappa shape index (κ3) is 3.77. The minimum absolute atomic E-state index is 0.0690. The predicted octanol–water partition coefficient (Wildman–Crippen LogP) is 5.95. The number of aromatic nitrogens is 2. The molecule has 5 heteroatoms. The van der Waals surface area contributed by atoms with Gasteiger partial charge in [0.15, 0.2) is 0 Å². The van der Waals surface area contributed by atoms with Crippen LogP contribution in [0.2, 0.25) is 0 Å². The van der Waals surface area contributed by atoms with Crippen LogP contribution in [0.15, 0.2) is 77.6 Å². The minimum atomic E-state index is -0.306. The van der Waals surface area contributed by atoms with Crippen LogP contribution in [0.4, 0.5) is 4.39 Å². The molecule has 3 nitrogen and oxygen atoms in total. The van der Waals surface area contributed by atoms with Crippen molar-refractivity contribution in [3.8, 4) is 0 Å². The Bertz CT molecular complexity index is 1460. The van der Waals surface area contributed by atoms with Crippen LogP contribution in [0.5, 0.6) is 0 Å². The maximum Gasteiger partial charge on any atom is 0.262 e. The Morgan fingerprint density at radius 2 is 1.77 bits per heavy atom. The van der Waals surface area contributed by atoms with Gasteiger partial charge in [-0.15, -0.1) is 11.3 Å². The summed E-state index contributed by atoms with van der Waals surface area (Å²) in [5, 5.41) is 2.95.